The predicted molar refractivity (Wildman–Crippen MR) is 84.3 cm³/mol. The van der Waals surface area contributed by atoms with Gasteiger partial charge in [0.05, 0.1) is 6.04 Å². The van der Waals surface area contributed by atoms with Crippen molar-refractivity contribution >= 4 is 11.7 Å². The number of aromatic nitrogens is 2. The van der Waals surface area contributed by atoms with Crippen molar-refractivity contribution in [2.75, 3.05) is 13.1 Å². The SMILES string of the molecule is CC(CC(=O)c1ccn(C)n1)C1CCN(C(=O)[C@H](C)N)CC1. The molecule has 1 aromatic heterocycles. The maximum atomic E-state index is 12.2. The van der Waals surface area contributed by atoms with Crippen LogP contribution in [0.2, 0.25) is 0 Å². The number of amides is 1. The summed E-state index contributed by atoms with van der Waals surface area (Å²) in [4.78, 5) is 25.9. The van der Waals surface area contributed by atoms with Crippen LogP contribution in [-0.4, -0.2) is 45.5 Å². The Morgan fingerprint density at radius 3 is 2.50 bits per heavy atom. The van der Waals surface area contributed by atoms with Gasteiger partial charge in [-0.05, 0) is 37.7 Å². The topological polar surface area (TPSA) is 81.2 Å². The summed E-state index contributed by atoms with van der Waals surface area (Å²) in [5, 5.41) is 4.16. The number of piperidine rings is 1. The molecule has 22 heavy (non-hydrogen) atoms. The molecule has 2 rings (SSSR count). The van der Waals surface area contributed by atoms with E-state index in [1.165, 1.54) is 0 Å². The first kappa shape index (κ1) is 16.7. The van der Waals surface area contributed by atoms with Gasteiger partial charge in [0.15, 0.2) is 5.78 Å². The number of ketones is 1. The average Bonchev–Trinajstić information content (AvgIpc) is 2.93. The molecular weight excluding hydrogens is 280 g/mol. The summed E-state index contributed by atoms with van der Waals surface area (Å²) in [5.74, 6) is 0.907. The lowest BCUT2D eigenvalue weighted by molar-refractivity contribution is -0.133. The molecule has 0 radical (unpaired) electrons. The number of aryl methyl sites for hydroxylation is 1. The van der Waals surface area contributed by atoms with Gasteiger partial charge in [0.2, 0.25) is 5.91 Å². The molecule has 2 N–H and O–H groups in total. The first-order valence-corrected chi connectivity index (χ1v) is 7.95. The molecule has 2 heterocycles. The highest BCUT2D eigenvalue weighted by Gasteiger charge is 2.28. The van der Waals surface area contributed by atoms with Gasteiger partial charge in [-0.25, -0.2) is 0 Å². The second-order valence-electron chi connectivity index (χ2n) is 6.43. The lowest BCUT2D eigenvalue weighted by Crippen LogP contribution is -2.46. The van der Waals surface area contributed by atoms with E-state index >= 15 is 0 Å². The van der Waals surface area contributed by atoms with Crippen molar-refractivity contribution < 1.29 is 9.59 Å². The molecule has 6 heteroatoms. The molecule has 0 spiro atoms. The van der Waals surface area contributed by atoms with E-state index in [9.17, 15) is 9.59 Å². The maximum absolute atomic E-state index is 12.2. The first-order valence-electron chi connectivity index (χ1n) is 7.95. The highest BCUT2D eigenvalue weighted by Crippen LogP contribution is 2.28. The minimum Gasteiger partial charge on any atom is -0.341 e. The number of Topliss-reactive ketones (excluding diaryl/α,β-unsaturated/α-hetero) is 1. The quantitative estimate of drug-likeness (QED) is 0.829. The monoisotopic (exact) mass is 306 g/mol. The molecule has 2 atom stereocenters. The van der Waals surface area contributed by atoms with E-state index in [0.717, 1.165) is 25.9 Å². The molecule has 6 nitrogen and oxygen atoms in total. The molecule has 1 amide bonds. The number of likely N-dealkylation sites (tertiary alicyclic amines) is 1. The number of carbonyl (C=O) groups excluding carboxylic acids is 2. The normalized spacial score (nSPS) is 19.0. The Balaban J connectivity index is 1.83. The van der Waals surface area contributed by atoms with Crippen LogP contribution in [0.25, 0.3) is 0 Å². The third-order valence-electron chi connectivity index (χ3n) is 4.55. The minimum atomic E-state index is -0.431. The lowest BCUT2D eigenvalue weighted by atomic mass is 9.82. The molecule has 0 aromatic carbocycles. The molecule has 0 saturated carbocycles. The highest BCUT2D eigenvalue weighted by atomic mass is 16.2. The van der Waals surface area contributed by atoms with Crippen molar-refractivity contribution in [3.63, 3.8) is 0 Å². The molecule has 1 aromatic rings. The van der Waals surface area contributed by atoms with Gasteiger partial charge in [-0.2, -0.15) is 5.10 Å². The average molecular weight is 306 g/mol. The van der Waals surface area contributed by atoms with Crippen molar-refractivity contribution in [3.05, 3.63) is 18.0 Å². The predicted octanol–water partition coefficient (Wildman–Crippen LogP) is 1.21. The Bertz CT molecular complexity index is 530. The van der Waals surface area contributed by atoms with Crippen LogP contribution < -0.4 is 5.73 Å². The Hall–Kier alpha value is -1.69. The number of nitrogens with two attached hydrogens (primary N) is 1. The van der Waals surface area contributed by atoms with Gasteiger partial charge in [-0.1, -0.05) is 6.92 Å². The molecule has 0 aliphatic carbocycles. The van der Waals surface area contributed by atoms with Gasteiger partial charge >= 0.3 is 0 Å². The summed E-state index contributed by atoms with van der Waals surface area (Å²) in [6.07, 6.45) is 4.18. The van der Waals surface area contributed by atoms with Crippen LogP contribution in [0.15, 0.2) is 12.3 Å². The Labute approximate surface area is 131 Å². The lowest BCUT2D eigenvalue weighted by Gasteiger charge is -2.35. The number of hydrogen-bond acceptors (Lipinski definition) is 4. The highest BCUT2D eigenvalue weighted by molar-refractivity contribution is 5.94. The second kappa shape index (κ2) is 7.05. The van der Waals surface area contributed by atoms with E-state index in [0.29, 0.717) is 24.0 Å². The van der Waals surface area contributed by atoms with E-state index < -0.39 is 6.04 Å². The van der Waals surface area contributed by atoms with Crippen LogP contribution in [0.5, 0.6) is 0 Å². The minimum absolute atomic E-state index is 0.0238. The van der Waals surface area contributed by atoms with Crippen LogP contribution in [0.1, 0.15) is 43.6 Å². The maximum Gasteiger partial charge on any atom is 0.239 e. The molecule has 122 valence electrons. The van der Waals surface area contributed by atoms with Crippen molar-refractivity contribution in [1.82, 2.24) is 14.7 Å². The Kier molecular flexibility index (Phi) is 5.34. The van der Waals surface area contributed by atoms with E-state index in [4.69, 9.17) is 5.73 Å². The summed E-state index contributed by atoms with van der Waals surface area (Å²) in [7, 11) is 1.81. The summed E-state index contributed by atoms with van der Waals surface area (Å²) < 4.78 is 1.65. The van der Waals surface area contributed by atoms with E-state index in [2.05, 4.69) is 12.0 Å². The molecule has 1 aliphatic rings. The van der Waals surface area contributed by atoms with Gasteiger partial charge < -0.3 is 10.6 Å². The summed E-state index contributed by atoms with van der Waals surface area (Å²) >= 11 is 0. The standard InChI is InChI=1S/C16H26N4O2/c1-11(10-15(21)14-6-7-19(3)18-14)13-4-8-20(9-5-13)16(22)12(2)17/h6-7,11-13H,4-5,8-10,17H2,1-3H3/t11?,12-/m0/s1. The van der Waals surface area contributed by atoms with Crippen molar-refractivity contribution in [3.8, 4) is 0 Å². The van der Waals surface area contributed by atoms with Crippen molar-refractivity contribution in [1.29, 1.82) is 0 Å². The fraction of sp³-hybridized carbons (Fsp3) is 0.688. The van der Waals surface area contributed by atoms with Gasteiger partial charge in [0.1, 0.15) is 5.69 Å². The number of rotatable bonds is 5. The summed E-state index contributed by atoms with van der Waals surface area (Å²) in [5.41, 5.74) is 6.19. The fourth-order valence-electron chi connectivity index (χ4n) is 3.10. The molecule has 0 bridgehead atoms. The third kappa shape index (κ3) is 3.94. The zero-order chi connectivity index (χ0) is 16.3. The molecule has 1 fully saturated rings. The van der Waals surface area contributed by atoms with Crippen LogP contribution in [0.3, 0.4) is 0 Å². The van der Waals surface area contributed by atoms with Gasteiger partial charge in [-0.3, -0.25) is 14.3 Å². The zero-order valence-electron chi connectivity index (χ0n) is 13.7. The Morgan fingerprint density at radius 1 is 1.36 bits per heavy atom. The van der Waals surface area contributed by atoms with Crippen LogP contribution in [-0.2, 0) is 11.8 Å². The third-order valence-corrected chi connectivity index (χ3v) is 4.55. The summed E-state index contributed by atoms with van der Waals surface area (Å²) in [6, 6.07) is 1.33. The largest absolute Gasteiger partial charge is 0.341 e. The van der Waals surface area contributed by atoms with Crippen molar-refractivity contribution in [2.24, 2.45) is 24.6 Å². The van der Waals surface area contributed by atoms with E-state index in [-0.39, 0.29) is 11.7 Å². The first-order chi connectivity index (χ1) is 10.4. The number of carbonyl (C=O) groups is 2. The smallest absolute Gasteiger partial charge is 0.239 e. The van der Waals surface area contributed by atoms with Crippen LogP contribution in [0, 0.1) is 11.8 Å². The van der Waals surface area contributed by atoms with Gasteiger partial charge in [0.25, 0.3) is 0 Å². The molecule has 1 unspecified atom stereocenters. The van der Waals surface area contributed by atoms with Crippen molar-refractivity contribution in [2.45, 2.75) is 39.2 Å². The second-order valence-corrected chi connectivity index (χ2v) is 6.43. The van der Waals surface area contributed by atoms with E-state index in [1.54, 1.807) is 23.9 Å². The number of nitrogens with zero attached hydrogens (tertiary/aromatic N) is 3. The van der Waals surface area contributed by atoms with Gasteiger partial charge in [-0.15, -0.1) is 0 Å². The Morgan fingerprint density at radius 2 is 2.00 bits per heavy atom. The fourth-order valence-corrected chi connectivity index (χ4v) is 3.10. The molecular formula is C16H26N4O2. The van der Waals surface area contributed by atoms with Crippen LogP contribution >= 0.6 is 0 Å². The molecule has 1 saturated heterocycles. The van der Waals surface area contributed by atoms with Gasteiger partial charge in [0, 0.05) is 32.8 Å². The van der Waals surface area contributed by atoms with Crippen LogP contribution in [0.4, 0.5) is 0 Å². The van der Waals surface area contributed by atoms with E-state index in [1.807, 2.05) is 11.9 Å². The summed E-state index contributed by atoms with van der Waals surface area (Å²) in [6.45, 7) is 5.33. The molecule has 1 aliphatic heterocycles. The zero-order valence-corrected chi connectivity index (χ0v) is 13.7. The number of hydrogen-bond donors (Lipinski definition) is 1.